The van der Waals surface area contributed by atoms with Gasteiger partial charge < -0.3 is 38.4 Å². The van der Waals surface area contributed by atoms with E-state index in [1.54, 1.807) is 14.2 Å². The Labute approximate surface area is 404 Å². The van der Waals surface area contributed by atoms with E-state index in [0.717, 1.165) is 102 Å². The molecule has 7 aromatic carbocycles. The lowest BCUT2D eigenvalue weighted by Gasteiger charge is -2.36. The van der Waals surface area contributed by atoms with Gasteiger partial charge in [0.15, 0.2) is 13.1 Å². The number of nitrogens with zero attached hydrogens (tertiary/aromatic N) is 4. The normalized spacial score (nSPS) is 12.7. The molecular weight excluding hydrogens is 857 g/mol. The number of anilines is 6. The highest BCUT2D eigenvalue weighted by atomic mass is 16.5. The third-order valence-electron chi connectivity index (χ3n) is 13.6. The first-order chi connectivity index (χ1) is 33.8. The van der Waals surface area contributed by atoms with Crippen LogP contribution in [0.3, 0.4) is 0 Å². The summed E-state index contributed by atoms with van der Waals surface area (Å²) in [7, 11) is 7.62. The summed E-state index contributed by atoms with van der Waals surface area (Å²) in [6.45, 7) is 4.09. The van der Waals surface area contributed by atoms with Crippen molar-refractivity contribution in [2.45, 2.75) is 12.5 Å². The maximum atomic E-state index is 10.6. The molecule has 0 spiro atoms. The van der Waals surface area contributed by atoms with Crippen molar-refractivity contribution in [3.8, 4) is 33.9 Å². The molecule has 346 valence electrons. The van der Waals surface area contributed by atoms with E-state index in [1.807, 2.05) is 48.5 Å². The summed E-state index contributed by atoms with van der Waals surface area (Å²) in [6.07, 6.45) is 0. The minimum atomic E-state index is -0.985. The molecule has 7 aromatic rings. The van der Waals surface area contributed by atoms with Crippen LogP contribution in [0.4, 0.5) is 34.1 Å². The Morgan fingerprint density at radius 1 is 0.580 bits per heavy atom. The predicted octanol–water partition coefficient (Wildman–Crippen LogP) is 12.0. The number of para-hydroxylation sites is 3. The van der Waals surface area contributed by atoms with E-state index in [1.165, 1.54) is 5.69 Å². The van der Waals surface area contributed by atoms with Gasteiger partial charge in [-0.2, -0.15) is 0 Å². The first-order valence-corrected chi connectivity index (χ1v) is 23.6. The third-order valence-corrected chi connectivity index (χ3v) is 13.6. The average Bonchev–Trinajstić information content (AvgIpc) is 3.41. The van der Waals surface area contributed by atoms with Crippen LogP contribution >= 0.6 is 0 Å². The molecule has 9 nitrogen and oxygen atoms in total. The Kier molecular flexibility index (Phi) is 12.6. The van der Waals surface area contributed by atoms with Gasteiger partial charge >= 0.3 is 0 Å². The highest BCUT2D eigenvalue weighted by molar-refractivity contribution is 6.05. The Bertz CT molecular complexity index is 3220. The molecular formula is C60H57N4O5+. The second-order valence-corrected chi connectivity index (χ2v) is 17.3. The van der Waals surface area contributed by atoms with Crippen LogP contribution in [0.25, 0.3) is 33.4 Å². The molecule has 1 aliphatic carbocycles. The number of benzene rings is 8. The number of hydrogen-bond acceptors (Lipinski definition) is 8. The highest BCUT2D eigenvalue weighted by Crippen LogP contribution is 2.50. The minimum Gasteiger partial charge on any atom is -0.497 e. The van der Waals surface area contributed by atoms with E-state index in [-0.39, 0.29) is 6.61 Å². The van der Waals surface area contributed by atoms with Gasteiger partial charge in [-0.25, -0.2) is 4.58 Å². The van der Waals surface area contributed by atoms with Crippen molar-refractivity contribution in [2.75, 3.05) is 75.9 Å². The van der Waals surface area contributed by atoms with Crippen LogP contribution in [0.2, 0.25) is 0 Å². The fourth-order valence-electron chi connectivity index (χ4n) is 10.1. The summed E-state index contributed by atoms with van der Waals surface area (Å²) in [5.74, 6) is 2.26. The molecule has 1 N–H and O–H groups in total. The first-order valence-electron chi connectivity index (χ1n) is 23.6. The minimum absolute atomic E-state index is 0.0468. The molecule has 9 heteroatoms. The van der Waals surface area contributed by atoms with Crippen LogP contribution in [0.1, 0.15) is 23.6 Å². The lowest BCUT2D eigenvalue weighted by Crippen LogP contribution is -2.39. The quantitative estimate of drug-likeness (QED) is 0.0619. The van der Waals surface area contributed by atoms with Gasteiger partial charge in [-0.15, -0.1) is 0 Å². The lowest BCUT2D eigenvalue weighted by molar-refractivity contribution is 0.0123. The number of rotatable bonds is 15. The maximum absolute atomic E-state index is 10.6. The number of aliphatic hydroxyl groups excluding tert-OH is 1. The van der Waals surface area contributed by atoms with E-state index >= 15 is 0 Å². The summed E-state index contributed by atoms with van der Waals surface area (Å²) < 4.78 is 27.6. The molecule has 0 radical (unpaired) electrons. The molecule has 2 heterocycles. The summed E-state index contributed by atoms with van der Waals surface area (Å²) in [5.41, 5.74) is 12.6. The molecule has 0 bridgehead atoms. The zero-order chi connectivity index (χ0) is 47.5. The molecule has 0 atom stereocenters. The number of hydrogen-bond donors (Lipinski definition) is 1. The van der Waals surface area contributed by atoms with Crippen molar-refractivity contribution in [1.29, 1.82) is 0 Å². The summed E-state index contributed by atoms with van der Waals surface area (Å²) in [6, 6.07) is 65.2. The van der Waals surface area contributed by atoms with Gasteiger partial charge in [0.1, 0.15) is 41.7 Å². The van der Waals surface area contributed by atoms with E-state index in [0.29, 0.717) is 19.7 Å². The number of fused-ring (bicyclic) bond motifs is 4. The maximum Gasteiger partial charge on any atom is 0.203 e. The van der Waals surface area contributed by atoms with Crippen LogP contribution in [0, 0.1) is 0 Å². The van der Waals surface area contributed by atoms with Crippen LogP contribution in [-0.2, 0) is 10.3 Å². The van der Waals surface area contributed by atoms with Crippen LogP contribution < -0.4 is 34.1 Å². The molecule has 0 fully saturated rings. The Morgan fingerprint density at radius 2 is 1.17 bits per heavy atom. The van der Waals surface area contributed by atoms with Crippen LogP contribution in [0.5, 0.6) is 11.5 Å². The average molecular weight is 914 g/mol. The van der Waals surface area contributed by atoms with Crippen molar-refractivity contribution in [3.05, 3.63) is 210 Å². The standard InChI is InChI=1S/C60H57N4O5/c1-6-64(46-17-11-8-12-18-46)48-27-33-52-58(41-48)69-57-40-47(26-32-51(57)59(52)42-21-34-55-56(39-42)62(3)54-20-14-13-19-53(54)61(55)2)63(35-37-65)36-38-68-60(43-15-9-7-10-16-43,44-22-28-49(66-4)29-23-44)45-24-30-50(67-5)31-25-45/h7-34,39-41,65H,6,35-38H2,1-5H3/q+1. The number of methoxy groups -OCH3 is 2. The van der Waals surface area contributed by atoms with Crippen molar-refractivity contribution in [1.82, 2.24) is 4.58 Å². The van der Waals surface area contributed by atoms with Gasteiger partial charge in [0.2, 0.25) is 5.36 Å². The Hall–Kier alpha value is -7.85. The van der Waals surface area contributed by atoms with Gasteiger partial charge in [0.25, 0.3) is 0 Å². The molecule has 69 heavy (non-hydrogen) atoms. The monoisotopic (exact) mass is 913 g/mol. The summed E-state index contributed by atoms with van der Waals surface area (Å²) in [5, 5.41) is 12.5. The Balaban J connectivity index is 1.10. The molecule has 0 saturated heterocycles. The molecule has 0 unspecified atom stereocenters. The van der Waals surface area contributed by atoms with E-state index in [2.05, 4.69) is 180 Å². The largest absolute Gasteiger partial charge is 0.497 e. The zero-order valence-electron chi connectivity index (χ0n) is 39.8. The lowest BCUT2D eigenvalue weighted by atomic mass is 9.80. The fraction of sp³-hybridized carbons (Fsp3) is 0.183. The topological polar surface area (TPSA) is 73.8 Å². The molecule has 10 rings (SSSR count). The van der Waals surface area contributed by atoms with Crippen molar-refractivity contribution in [2.24, 2.45) is 0 Å². The van der Waals surface area contributed by atoms with Gasteiger partial charge in [-0.3, -0.25) is 0 Å². The molecule has 0 amide bonds. The second-order valence-electron chi connectivity index (χ2n) is 17.3. The van der Waals surface area contributed by atoms with Crippen molar-refractivity contribution in [3.63, 3.8) is 0 Å². The predicted molar refractivity (Wildman–Crippen MR) is 280 cm³/mol. The zero-order valence-corrected chi connectivity index (χ0v) is 39.8. The van der Waals surface area contributed by atoms with E-state index in [4.69, 9.17) is 18.6 Å². The Morgan fingerprint density at radius 3 is 1.80 bits per heavy atom. The van der Waals surface area contributed by atoms with Gasteiger partial charge in [0, 0.05) is 60.7 Å². The SMILES string of the molecule is CCN(c1ccccc1)c1ccc2c(-c3ccc4c(c3)N(C)c3ccccc3N4C)c3ccc(=[N+](CCO)CCOC(c4ccccc4)(c4ccc(OC)cc4)c4ccc(OC)cc4)cc-3oc2c1. The number of aliphatic hydroxyl groups is 1. The molecule has 0 aromatic heterocycles. The highest BCUT2D eigenvalue weighted by Gasteiger charge is 2.38. The van der Waals surface area contributed by atoms with Crippen molar-refractivity contribution < 1.29 is 23.7 Å². The molecule has 2 aliphatic heterocycles. The summed E-state index contributed by atoms with van der Waals surface area (Å²) in [4.78, 5) is 6.85. The summed E-state index contributed by atoms with van der Waals surface area (Å²) >= 11 is 0. The van der Waals surface area contributed by atoms with Gasteiger partial charge in [-0.1, -0.05) is 91.0 Å². The van der Waals surface area contributed by atoms with Crippen LogP contribution in [-0.4, -0.2) is 66.3 Å². The first kappa shape index (κ1) is 45.0. The second kappa shape index (κ2) is 19.4. The van der Waals surface area contributed by atoms with Gasteiger partial charge in [-0.05, 0) is 108 Å². The molecule has 0 saturated carbocycles. The van der Waals surface area contributed by atoms with Gasteiger partial charge in [0.05, 0.1) is 43.0 Å². The molecule has 3 aliphatic rings. The van der Waals surface area contributed by atoms with Crippen molar-refractivity contribution >= 4 is 45.1 Å². The number of ether oxygens (including phenoxy) is 3. The smallest absolute Gasteiger partial charge is 0.203 e. The third kappa shape index (κ3) is 8.34. The van der Waals surface area contributed by atoms with Crippen LogP contribution in [0.15, 0.2) is 192 Å². The van der Waals surface area contributed by atoms with E-state index in [9.17, 15) is 5.11 Å². The van der Waals surface area contributed by atoms with E-state index < -0.39 is 5.60 Å². The fourth-order valence-corrected chi connectivity index (χ4v) is 10.1.